The van der Waals surface area contributed by atoms with Crippen LogP contribution in [0.15, 0.2) is 97.6 Å². The first kappa shape index (κ1) is 29.1. The van der Waals surface area contributed by atoms with Crippen LogP contribution in [0.4, 0.5) is 9.59 Å². The maximum Gasteiger partial charge on any atom is 0.430 e. The van der Waals surface area contributed by atoms with E-state index in [2.05, 4.69) is 6.58 Å². The van der Waals surface area contributed by atoms with Crippen molar-refractivity contribution in [3.05, 3.63) is 114 Å². The molecule has 0 unspecified atom stereocenters. The van der Waals surface area contributed by atoms with E-state index in [1.807, 2.05) is 18.2 Å². The number of benzene rings is 3. The molecule has 0 aromatic heterocycles. The molecule has 3 aromatic carbocycles. The number of hydrazine groups is 1. The molecule has 1 heterocycles. The summed E-state index contributed by atoms with van der Waals surface area (Å²) in [6.45, 7) is 6.62. The first-order valence-electron chi connectivity index (χ1n) is 13.2. The van der Waals surface area contributed by atoms with E-state index < -0.39 is 35.5 Å². The number of ketones is 1. The van der Waals surface area contributed by atoms with Crippen molar-refractivity contribution < 1.29 is 33.4 Å². The second-order valence-corrected chi connectivity index (χ2v) is 9.48. The summed E-state index contributed by atoms with van der Waals surface area (Å²) < 4.78 is 16.5. The first-order valence-corrected chi connectivity index (χ1v) is 13.2. The van der Waals surface area contributed by atoms with E-state index in [0.717, 1.165) is 10.0 Å². The molecule has 0 saturated carbocycles. The maximum absolute atomic E-state index is 13.8. The zero-order valence-electron chi connectivity index (χ0n) is 23.0. The van der Waals surface area contributed by atoms with Gasteiger partial charge in [-0.3, -0.25) is 4.79 Å². The molecule has 0 bridgehead atoms. The van der Waals surface area contributed by atoms with Gasteiger partial charge in [-0.25, -0.2) is 19.4 Å². The summed E-state index contributed by atoms with van der Waals surface area (Å²) in [6.07, 6.45) is -2.34. The Morgan fingerprint density at radius 3 is 1.76 bits per heavy atom. The molecule has 4 rings (SSSR count). The second kappa shape index (κ2) is 13.0. The molecule has 9 nitrogen and oxygen atoms in total. The predicted octanol–water partition coefficient (Wildman–Crippen LogP) is 5.56. The monoisotopic (exact) mass is 556 g/mol. The lowest BCUT2D eigenvalue weighted by Gasteiger charge is -2.37. The average Bonchev–Trinajstić information content (AvgIpc) is 3.38. The molecule has 2 amide bonds. The van der Waals surface area contributed by atoms with Crippen molar-refractivity contribution in [1.29, 1.82) is 0 Å². The summed E-state index contributed by atoms with van der Waals surface area (Å²) in [7, 11) is 0. The van der Waals surface area contributed by atoms with Gasteiger partial charge in [0.15, 0.2) is 5.78 Å². The van der Waals surface area contributed by atoms with E-state index in [1.54, 1.807) is 79.7 Å². The lowest BCUT2D eigenvalue weighted by atomic mass is 9.85. The predicted molar refractivity (Wildman–Crippen MR) is 151 cm³/mol. The van der Waals surface area contributed by atoms with E-state index in [4.69, 9.17) is 14.2 Å². The SMILES string of the molecule is C=C(c1ccccc1)[C@H]1C[C@@](C(C)=O)(C(=O)OCC)N(C(=O)OCc2ccccc2)N1C(=O)OCc1ccccc1. The number of hydrogen-bond acceptors (Lipinski definition) is 7. The lowest BCUT2D eigenvalue weighted by Crippen LogP contribution is -2.63. The molecule has 2 atom stereocenters. The van der Waals surface area contributed by atoms with Crippen LogP contribution in [-0.2, 0) is 37.0 Å². The van der Waals surface area contributed by atoms with E-state index >= 15 is 0 Å². The number of rotatable bonds is 9. The molecule has 3 aromatic rings. The number of ether oxygens (including phenoxy) is 3. The molecule has 0 aliphatic carbocycles. The highest BCUT2D eigenvalue weighted by atomic mass is 16.6. The van der Waals surface area contributed by atoms with Gasteiger partial charge in [-0.2, -0.15) is 5.01 Å². The summed E-state index contributed by atoms with van der Waals surface area (Å²) in [5.74, 6) is -1.68. The average molecular weight is 557 g/mol. The molecule has 1 fully saturated rings. The molecule has 1 aliphatic rings. The molecule has 0 spiro atoms. The summed E-state index contributed by atoms with van der Waals surface area (Å²) in [5, 5.41) is 1.71. The standard InChI is InChI=1S/C32H32N2O7/c1-4-39-29(36)32(24(3)35)20-28(23(2)27-18-12-7-13-19-27)33(30(37)40-21-25-14-8-5-9-15-25)34(32)31(38)41-22-26-16-10-6-11-17-26/h5-19,28H,2,4,20-22H2,1,3H3/t28-,32-/m1/s1. The third-order valence-corrected chi connectivity index (χ3v) is 6.87. The lowest BCUT2D eigenvalue weighted by molar-refractivity contribution is -0.165. The Hall–Kier alpha value is -4.92. The number of Topliss-reactive ketones (excluding diaryl/α,β-unsaturated/α-hetero) is 1. The molecular weight excluding hydrogens is 524 g/mol. The van der Waals surface area contributed by atoms with E-state index in [1.165, 1.54) is 6.92 Å². The molecular formula is C32H32N2O7. The zero-order valence-corrected chi connectivity index (χ0v) is 23.0. The van der Waals surface area contributed by atoms with Crippen molar-refractivity contribution in [1.82, 2.24) is 10.0 Å². The van der Waals surface area contributed by atoms with Crippen molar-refractivity contribution in [3.63, 3.8) is 0 Å². The Morgan fingerprint density at radius 2 is 1.27 bits per heavy atom. The summed E-state index contributed by atoms with van der Waals surface area (Å²) >= 11 is 0. The van der Waals surface area contributed by atoms with Crippen LogP contribution in [0, 0.1) is 0 Å². The number of amides is 2. The number of carbonyl (C=O) groups excluding carboxylic acids is 4. The molecule has 9 heteroatoms. The minimum atomic E-state index is -2.20. The van der Waals surface area contributed by atoms with Gasteiger partial charge in [-0.05, 0) is 36.1 Å². The minimum Gasteiger partial charge on any atom is -0.464 e. The molecule has 1 saturated heterocycles. The Morgan fingerprint density at radius 1 is 0.780 bits per heavy atom. The Kier molecular flexibility index (Phi) is 9.19. The summed E-state index contributed by atoms with van der Waals surface area (Å²) in [5.41, 5.74) is 0.237. The Labute approximate surface area is 238 Å². The van der Waals surface area contributed by atoms with Gasteiger partial charge in [0.25, 0.3) is 0 Å². The van der Waals surface area contributed by atoms with Gasteiger partial charge in [0.1, 0.15) is 13.2 Å². The van der Waals surface area contributed by atoms with Crippen molar-refractivity contribution in [2.45, 2.75) is 45.1 Å². The molecule has 212 valence electrons. The first-order chi connectivity index (χ1) is 19.8. The highest BCUT2D eigenvalue weighted by Gasteiger charge is 2.65. The number of nitrogens with zero attached hydrogens (tertiary/aromatic N) is 2. The van der Waals surface area contributed by atoms with Crippen LogP contribution < -0.4 is 0 Å². The molecule has 0 N–H and O–H groups in total. The van der Waals surface area contributed by atoms with Crippen LogP contribution in [0.25, 0.3) is 5.57 Å². The van der Waals surface area contributed by atoms with E-state index in [9.17, 15) is 19.2 Å². The number of hydrogen-bond donors (Lipinski definition) is 0. The Balaban J connectivity index is 1.78. The van der Waals surface area contributed by atoms with Gasteiger partial charge in [-0.1, -0.05) is 97.6 Å². The van der Waals surface area contributed by atoms with Crippen molar-refractivity contribution >= 4 is 29.5 Å². The highest BCUT2D eigenvalue weighted by molar-refractivity contribution is 6.11. The summed E-state index contributed by atoms with van der Waals surface area (Å²) in [4.78, 5) is 54.5. The fourth-order valence-electron chi connectivity index (χ4n) is 4.77. The van der Waals surface area contributed by atoms with Crippen LogP contribution in [0.5, 0.6) is 0 Å². The third kappa shape index (κ3) is 6.14. The largest absolute Gasteiger partial charge is 0.464 e. The van der Waals surface area contributed by atoms with Gasteiger partial charge in [0, 0.05) is 6.42 Å². The number of esters is 1. The van der Waals surface area contributed by atoms with Crippen molar-refractivity contribution in [3.8, 4) is 0 Å². The van der Waals surface area contributed by atoms with Crippen LogP contribution >= 0.6 is 0 Å². The number of carbonyl (C=O) groups is 4. The second-order valence-electron chi connectivity index (χ2n) is 9.48. The van der Waals surface area contributed by atoms with Crippen molar-refractivity contribution in [2.24, 2.45) is 0 Å². The molecule has 0 radical (unpaired) electrons. The normalized spacial score (nSPS) is 18.0. The van der Waals surface area contributed by atoms with Gasteiger partial charge in [0.2, 0.25) is 5.54 Å². The fraction of sp³-hybridized carbons (Fsp3) is 0.250. The van der Waals surface area contributed by atoms with Crippen LogP contribution in [0.2, 0.25) is 0 Å². The minimum absolute atomic E-state index is 0.0521. The fourth-order valence-corrected chi connectivity index (χ4v) is 4.77. The van der Waals surface area contributed by atoms with Gasteiger partial charge in [0.05, 0.1) is 12.6 Å². The van der Waals surface area contributed by atoms with Crippen LogP contribution in [0.3, 0.4) is 0 Å². The van der Waals surface area contributed by atoms with Gasteiger partial charge >= 0.3 is 18.2 Å². The highest BCUT2D eigenvalue weighted by Crippen LogP contribution is 2.42. The Bertz CT molecular complexity index is 1400. The molecule has 1 aliphatic heterocycles. The van der Waals surface area contributed by atoms with Crippen LogP contribution in [0.1, 0.15) is 37.0 Å². The molecule has 41 heavy (non-hydrogen) atoms. The van der Waals surface area contributed by atoms with Crippen LogP contribution in [-0.4, -0.2) is 52.1 Å². The van der Waals surface area contributed by atoms with Gasteiger partial charge in [-0.15, -0.1) is 0 Å². The van der Waals surface area contributed by atoms with Crippen molar-refractivity contribution in [2.75, 3.05) is 6.61 Å². The summed E-state index contributed by atoms with van der Waals surface area (Å²) in [6, 6.07) is 25.8. The smallest absolute Gasteiger partial charge is 0.430 e. The zero-order chi connectivity index (χ0) is 29.4. The van der Waals surface area contributed by atoms with E-state index in [0.29, 0.717) is 22.3 Å². The third-order valence-electron chi connectivity index (χ3n) is 6.87. The quantitative estimate of drug-likeness (QED) is 0.193. The maximum atomic E-state index is 13.8. The van der Waals surface area contributed by atoms with Gasteiger partial charge < -0.3 is 14.2 Å². The topological polar surface area (TPSA) is 102 Å². The van der Waals surface area contributed by atoms with E-state index in [-0.39, 0.29) is 26.2 Å².